The first kappa shape index (κ1) is 24.7. The minimum atomic E-state index is -0.617. The van der Waals surface area contributed by atoms with E-state index < -0.39 is 23.1 Å². The lowest BCUT2D eigenvalue weighted by Crippen LogP contribution is -2.31. The van der Waals surface area contributed by atoms with Crippen molar-refractivity contribution >= 4 is 23.0 Å². The van der Waals surface area contributed by atoms with Gasteiger partial charge in [0.05, 0.1) is 6.42 Å². The summed E-state index contributed by atoms with van der Waals surface area (Å²) in [6.07, 6.45) is 2.47. The third kappa shape index (κ3) is 5.91. The number of esters is 1. The Morgan fingerprint density at radius 3 is 2.44 bits per heavy atom. The van der Waals surface area contributed by atoms with Crippen LogP contribution < -0.4 is 21.7 Å². The second-order valence-corrected chi connectivity index (χ2v) is 7.85. The molecule has 0 fully saturated rings. The van der Waals surface area contributed by atoms with Gasteiger partial charge in [-0.1, -0.05) is 32.4 Å². The van der Waals surface area contributed by atoms with Crippen LogP contribution in [0.15, 0.2) is 33.9 Å². The van der Waals surface area contributed by atoms with Gasteiger partial charge in [0.15, 0.2) is 17.8 Å². The molecule has 0 saturated heterocycles. The van der Waals surface area contributed by atoms with Crippen molar-refractivity contribution in [2.45, 2.75) is 59.2 Å². The number of amides is 1. The molecule has 1 amide bonds. The number of unbranched alkanes of at least 4 members (excludes halogenated alkanes) is 1. The largest absolute Gasteiger partial charge is 0.482 e. The van der Waals surface area contributed by atoms with E-state index in [1.54, 1.807) is 28.8 Å². The van der Waals surface area contributed by atoms with E-state index in [2.05, 4.69) is 9.97 Å². The number of aromatic amines is 1. The molecule has 11 nitrogen and oxygen atoms in total. The van der Waals surface area contributed by atoms with E-state index in [0.29, 0.717) is 24.7 Å². The summed E-state index contributed by atoms with van der Waals surface area (Å²) in [5.41, 5.74) is 5.45. The molecule has 0 atom stereocenters. The molecular formula is C23H29N5O6. The van der Waals surface area contributed by atoms with E-state index >= 15 is 0 Å². The van der Waals surface area contributed by atoms with Crippen LogP contribution in [0.2, 0.25) is 0 Å². The Balaban J connectivity index is 1.72. The minimum Gasteiger partial charge on any atom is -0.482 e. The number of ether oxygens (including phenoxy) is 2. The zero-order valence-electron chi connectivity index (χ0n) is 19.3. The molecule has 0 spiro atoms. The van der Waals surface area contributed by atoms with Gasteiger partial charge >= 0.3 is 11.7 Å². The number of nitrogens with one attached hydrogen (secondary N) is 1. The summed E-state index contributed by atoms with van der Waals surface area (Å²) >= 11 is 0. The summed E-state index contributed by atoms with van der Waals surface area (Å²) in [6, 6.07) is 6.64. The van der Waals surface area contributed by atoms with Gasteiger partial charge in [-0.25, -0.2) is 14.6 Å². The Bertz CT molecular complexity index is 1270. The van der Waals surface area contributed by atoms with E-state index in [0.717, 1.165) is 24.8 Å². The number of H-pyrrole nitrogens is 1. The molecule has 3 aromatic rings. The monoisotopic (exact) mass is 471 g/mol. The summed E-state index contributed by atoms with van der Waals surface area (Å²) in [7, 11) is 0. The number of rotatable bonds is 12. The molecule has 0 bridgehead atoms. The first-order chi connectivity index (χ1) is 16.3. The van der Waals surface area contributed by atoms with Gasteiger partial charge in [-0.3, -0.25) is 19.1 Å². The molecule has 0 aliphatic heterocycles. The van der Waals surface area contributed by atoms with Gasteiger partial charge in [0, 0.05) is 13.1 Å². The summed E-state index contributed by atoms with van der Waals surface area (Å²) in [5, 5.41) is 0. The quantitative estimate of drug-likeness (QED) is 0.377. The lowest BCUT2D eigenvalue weighted by Gasteiger charge is -2.09. The van der Waals surface area contributed by atoms with Gasteiger partial charge < -0.3 is 19.8 Å². The highest BCUT2D eigenvalue weighted by Crippen LogP contribution is 2.15. The average Bonchev–Trinajstić information content (AvgIpc) is 3.15. The van der Waals surface area contributed by atoms with Crippen LogP contribution in [-0.2, 0) is 40.4 Å². The highest BCUT2D eigenvalue weighted by molar-refractivity contribution is 5.76. The fraction of sp³-hybridized carbons (Fsp3) is 0.435. The van der Waals surface area contributed by atoms with Crippen LogP contribution in [0.3, 0.4) is 0 Å². The Morgan fingerprint density at radius 1 is 1.06 bits per heavy atom. The van der Waals surface area contributed by atoms with Crippen molar-refractivity contribution in [2.24, 2.45) is 5.73 Å². The first-order valence-electron chi connectivity index (χ1n) is 11.2. The SMILES string of the molecule is CCCCn1c(=O)[nH]c(=O)c2c1nc(COC(=O)COc1ccc(CC(N)=O)cc1)n2CCC. The molecule has 3 rings (SSSR count). The molecule has 2 aromatic heterocycles. The highest BCUT2D eigenvalue weighted by Gasteiger charge is 2.19. The molecule has 0 radical (unpaired) electrons. The summed E-state index contributed by atoms with van der Waals surface area (Å²) < 4.78 is 13.9. The Morgan fingerprint density at radius 2 is 1.79 bits per heavy atom. The minimum absolute atomic E-state index is 0.121. The second-order valence-electron chi connectivity index (χ2n) is 7.85. The molecule has 11 heteroatoms. The van der Waals surface area contributed by atoms with Crippen molar-refractivity contribution in [3.8, 4) is 5.75 Å². The molecule has 182 valence electrons. The van der Waals surface area contributed by atoms with E-state index in [9.17, 15) is 19.2 Å². The first-order valence-corrected chi connectivity index (χ1v) is 11.2. The molecule has 3 N–H and O–H groups in total. The molecule has 34 heavy (non-hydrogen) atoms. The van der Waals surface area contributed by atoms with Gasteiger partial charge in [-0.2, -0.15) is 0 Å². The van der Waals surface area contributed by atoms with E-state index in [1.165, 1.54) is 4.57 Å². The van der Waals surface area contributed by atoms with Crippen molar-refractivity contribution in [3.05, 3.63) is 56.5 Å². The van der Waals surface area contributed by atoms with Gasteiger partial charge in [-0.05, 0) is 30.5 Å². The van der Waals surface area contributed by atoms with Crippen molar-refractivity contribution in [2.75, 3.05) is 6.61 Å². The van der Waals surface area contributed by atoms with Crippen LogP contribution in [0.4, 0.5) is 0 Å². The summed E-state index contributed by atoms with van der Waals surface area (Å²) in [6.45, 7) is 4.36. The van der Waals surface area contributed by atoms with Crippen molar-refractivity contribution in [1.82, 2.24) is 19.1 Å². The maximum atomic E-state index is 12.5. The van der Waals surface area contributed by atoms with Crippen LogP contribution >= 0.6 is 0 Å². The molecule has 1 aromatic carbocycles. The predicted molar refractivity (Wildman–Crippen MR) is 124 cm³/mol. The summed E-state index contributed by atoms with van der Waals surface area (Å²) in [4.78, 5) is 54.9. The Labute approximate surface area is 195 Å². The van der Waals surface area contributed by atoms with Crippen molar-refractivity contribution in [3.63, 3.8) is 0 Å². The molecule has 0 aliphatic rings. The van der Waals surface area contributed by atoms with Crippen molar-refractivity contribution in [1.29, 1.82) is 0 Å². The standard InChI is InChI=1S/C23H29N5O6/c1-3-5-11-28-21-20(22(31)26-23(28)32)27(10-4-2)18(25-21)13-34-19(30)14-33-16-8-6-15(7-9-16)12-17(24)29/h6-9H,3-5,10-14H2,1-2H3,(H2,24,29)(H,26,31,32). The second kappa shape index (κ2) is 11.3. The number of benzene rings is 1. The van der Waals surface area contributed by atoms with Crippen LogP contribution in [0.1, 0.15) is 44.5 Å². The molecule has 0 unspecified atom stereocenters. The molecular weight excluding hydrogens is 442 g/mol. The van der Waals surface area contributed by atoms with E-state index in [4.69, 9.17) is 15.2 Å². The maximum Gasteiger partial charge on any atom is 0.344 e. The van der Waals surface area contributed by atoms with Crippen molar-refractivity contribution < 1.29 is 19.1 Å². The van der Waals surface area contributed by atoms with Gasteiger partial charge in [0.2, 0.25) is 5.91 Å². The Hall–Kier alpha value is -3.89. The van der Waals surface area contributed by atoms with E-state index in [-0.39, 0.29) is 30.8 Å². The number of hydrogen-bond donors (Lipinski definition) is 2. The van der Waals surface area contributed by atoms with Gasteiger partial charge in [-0.15, -0.1) is 0 Å². The lowest BCUT2D eigenvalue weighted by atomic mass is 10.1. The average molecular weight is 472 g/mol. The number of fused-ring (bicyclic) bond motifs is 1. The smallest absolute Gasteiger partial charge is 0.344 e. The number of aryl methyl sites for hydroxylation is 2. The number of carbonyl (C=O) groups excluding carboxylic acids is 2. The number of nitrogens with two attached hydrogens (primary N) is 1. The number of aromatic nitrogens is 4. The number of nitrogens with zero attached hydrogens (tertiary/aromatic N) is 3. The third-order valence-corrected chi connectivity index (χ3v) is 5.17. The Kier molecular flexibility index (Phi) is 8.23. The number of primary amides is 1. The molecule has 0 saturated carbocycles. The lowest BCUT2D eigenvalue weighted by molar-refractivity contribution is -0.147. The maximum absolute atomic E-state index is 12.5. The zero-order chi connectivity index (χ0) is 24.7. The van der Waals surface area contributed by atoms with Gasteiger partial charge in [0.25, 0.3) is 5.56 Å². The van der Waals surface area contributed by atoms with Crippen LogP contribution in [-0.4, -0.2) is 37.6 Å². The molecule has 0 aliphatic carbocycles. The van der Waals surface area contributed by atoms with Gasteiger partial charge in [0.1, 0.15) is 18.2 Å². The molecule has 2 heterocycles. The number of carbonyl (C=O) groups is 2. The zero-order valence-corrected chi connectivity index (χ0v) is 19.3. The van der Waals surface area contributed by atoms with Crippen LogP contribution in [0.25, 0.3) is 11.2 Å². The normalized spacial score (nSPS) is 11.0. The van der Waals surface area contributed by atoms with Crippen LogP contribution in [0, 0.1) is 0 Å². The predicted octanol–water partition coefficient (Wildman–Crippen LogP) is 1.25. The third-order valence-electron chi connectivity index (χ3n) is 5.17. The number of hydrogen-bond acceptors (Lipinski definition) is 7. The summed E-state index contributed by atoms with van der Waals surface area (Å²) in [5.74, 6) is -0.235. The fourth-order valence-corrected chi connectivity index (χ4v) is 3.55. The topological polar surface area (TPSA) is 151 Å². The van der Waals surface area contributed by atoms with E-state index in [1.807, 2.05) is 13.8 Å². The fourth-order valence-electron chi connectivity index (χ4n) is 3.55. The number of imidazole rings is 1. The highest BCUT2D eigenvalue weighted by atomic mass is 16.6. The van der Waals surface area contributed by atoms with Crippen LogP contribution in [0.5, 0.6) is 5.75 Å².